The van der Waals surface area contributed by atoms with Crippen molar-refractivity contribution in [2.45, 2.75) is 84.1 Å². The van der Waals surface area contributed by atoms with E-state index in [-0.39, 0.29) is 36.0 Å². The van der Waals surface area contributed by atoms with Gasteiger partial charge in [-0.25, -0.2) is 0 Å². The molecule has 0 aromatic heterocycles. The maximum absolute atomic E-state index is 13.6. The summed E-state index contributed by atoms with van der Waals surface area (Å²) in [5.74, 6) is -2.18. The Morgan fingerprint density at radius 2 is 1.95 bits per heavy atom. The first kappa shape index (κ1) is 30.3. The number of carbonyl (C=O) groups excluding carboxylic acids is 2. The van der Waals surface area contributed by atoms with Gasteiger partial charge in [-0.2, -0.15) is 0 Å². The number of allylic oxidation sites excluding steroid dienone is 2. The molecular formula is C30H39BClNO7. The number of hydrogen-bond acceptors (Lipinski definition) is 6. The van der Waals surface area contributed by atoms with Crippen molar-refractivity contribution in [3.63, 3.8) is 0 Å². The Hall–Kier alpha value is -2.62. The summed E-state index contributed by atoms with van der Waals surface area (Å²) in [4.78, 5) is 39.2. The summed E-state index contributed by atoms with van der Waals surface area (Å²) in [6.45, 7) is 4.41. The number of unbranched alkanes of at least 4 members (excludes halogenated alkanes) is 2. The van der Waals surface area contributed by atoms with E-state index in [4.69, 9.17) is 21.4 Å². The zero-order chi connectivity index (χ0) is 29.0. The Morgan fingerprint density at radius 1 is 1.18 bits per heavy atom. The maximum atomic E-state index is 13.6. The van der Waals surface area contributed by atoms with E-state index in [1.165, 1.54) is 16.5 Å². The predicted octanol–water partition coefficient (Wildman–Crippen LogP) is 5.47. The zero-order valence-electron chi connectivity index (χ0n) is 23.3. The van der Waals surface area contributed by atoms with E-state index in [2.05, 4.69) is 6.92 Å². The fraction of sp³-hybridized carbons (Fsp3) is 0.567. The fourth-order valence-electron chi connectivity index (χ4n) is 6.64. The summed E-state index contributed by atoms with van der Waals surface area (Å²) in [5, 5.41) is 29.7. The highest BCUT2D eigenvalue weighted by Crippen LogP contribution is 2.51. The quantitative estimate of drug-likeness (QED) is 0.131. The number of aromatic hydroxyl groups is 1. The minimum Gasteiger partial charge on any atom is -0.508 e. The lowest BCUT2D eigenvalue weighted by atomic mass is 9.58. The molecular weight excluding hydrogens is 533 g/mol. The topological polar surface area (TPSA) is 124 Å². The number of carbonyl (C=O) groups is 3. The number of nitrogens with zero attached hydrogens (tertiary/aromatic N) is 1. The van der Waals surface area contributed by atoms with E-state index in [0.717, 1.165) is 29.6 Å². The monoisotopic (exact) mass is 571 g/mol. The van der Waals surface area contributed by atoms with Crippen molar-refractivity contribution >= 4 is 42.6 Å². The Labute approximate surface area is 241 Å². The first-order valence-electron chi connectivity index (χ1n) is 14.4. The molecule has 0 unspecified atom stereocenters. The second kappa shape index (κ2) is 13.4. The summed E-state index contributed by atoms with van der Waals surface area (Å²) >= 11 is 6.28. The van der Waals surface area contributed by atoms with Crippen LogP contribution in [0.15, 0.2) is 34.9 Å². The van der Waals surface area contributed by atoms with Gasteiger partial charge in [0.2, 0.25) is 11.8 Å². The molecule has 1 aliphatic carbocycles. The lowest BCUT2D eigenvalue weighted by molar-refractivity contribution is -0.141. The molecule has 8 nitrogen and oxygen atoms in total. The van der Waals surface area contributed by atoms with Crippen molar-refractivity contribution in [3.05, 3.63) is 45.5 Å². The lowest BCUT2D eigenvalue weighted by Crippen LogP contribution is -2.46. The van der Waals surface area contributed by atoms with Gasteiger partial charge in [-0.05, 0) is 87.0 Å². The van der Waals surface area contributed by atoms with Crippen molar-refractivity contribution in [3.8, 4) is 5.75 Å². The smallest absolute Gasteiger partial charge is 0.455 e. The van der Waals surface area contributed by atoms with E-state index in [1.54, 1.807) is 12.1 Å². The molecule has 2 amide bonds. The molecule has 1 aromatic rings. The molecule has 2 heterocycles. The third-order valence-electron chi connectivity index (χ3n) is 8.41. The first-order chi connectivity index (χ1) is 19.1. The summed E-state index contributed by atoms with van der Waals surface area (Å²) < 4.78 is 6.07. The van der Waals surface area contributed by atoms with Crippen LogP contribution in [0.4, 0.5) is 0 Å². The average molecular weight is 572 g/mol. The molecule has 2 saturated heterocycles. The van der Waals surface area contributed by atoms with Crippen LogP contribution in [0.2, 0.25) is 11.3 Å². The van der Waals surface area contributed by atoms with Crippen LogP contribution in [0.25, 0.3) is 6.08 Å². The number of hydrogen-bond donors (Lipinski definition) is 3. The standard InChI is InChI=1S/C30H39BClNO7/c1-3-7-20-15-22-28(30(38)33(29(22)37)13-6-4-5-8-26(35)36)23-17-31(39)40-25(27(20)23)12-9-18(2)14-19-10-11-21(34)16-24(19)32/h10-11,14,16,22-23,25,28,34,39H,3-9,12-13,15,17H2,1-2H3,(H,35,36)/b18-14+/t22-,23+,25-,28-/m1/s1. The van der Waals surface area contributed by atoms with Gasteiger partial charge in [0.05, 0.1) is 23.0 Å². The van der Waals surface area contributed by atoms with Crippen LogP contribution in [0.3, 0.4) is 0 Å². The van der Waals surface area contributed by atoms with Crippen molar-refractivity contribution in [1.29, 1.82) is 0 Å². The molecule has 0 radical (unpaired) electrons. The van der Waals surface area contributed by atoms with Crippen LogP contribution in [0.1, 0.15) is 77.2 Å². The van der Waals surface area contributed by atoms with Gasteiger partial charge in [0, 0.05) is 13.0 Å². The number of phenolic OH excluding ortho intramolecular Hbond substituents is 1. The number of carboxylic acids is 1. The molecule has 0 saturated carbocycles. The van der Waals surface area contributed by atoms with Gasteiger partial charge in [0.15, 0.2) is 0 Å². The highest BCUT2D eigenvalue weighted by atomic mass is 35.5. The summed E-state index contributed by atoms with van der Waals surface area (Å²) in [7, 11) is -1.01. The van der Waals surface area contributed by atoms with Crippen LogP contribution in [0.5, 0.6) is 5.75 Å². The number of fused-ring (bicyclic) bond motifs is 3. The molecule has 40 heavy (non-hydrogen) atoms. The van der Waals surface area contributed by atoms with Crippen LogP contribution < -0.4 is 0 Å². The van der Waals surface area contributed by atoms with Crippen LogP contribution in [-0.2, 0) is 19.0 Å². The van der Waals surface area contributed by atoms with E-state index in [1.807, 2.05) is 13.0 Å². The molecule has 2 fully saturated rings. The Balaban J connectivity index is 1.51. The van der Waals surface area contributed by atoms with Crippen LogP contribution in [0, 0.1) is 17.8 Å². The molecule has 216 valence electrons. The van der Waals surface area contributed by atoms with Gasteiger partial charge in [-0.3, -0.25) is 19.3 Å². The zero-order valence-corrected chi connectivity index (χ0v) is 24.0. The average Bonchev–Trinajstić information content (AvgIpc) is 3.13. The molecule has 0 spiro atoms. The molecule has 3 N–H and O–H groups in total. The number of halogens is 1. The van der Waals surface area contributed by atoms with Gasteiger partial charge in [0.1, 0.15) is 5.75 Å². The number of phenols is 1. The molecule has 0 bridgehead atoms. The molecule has 1 aromatic carbocycles. The second-order valence-corrected chi connectivity index (χ2v) is 11.7. The highest BCUT2D eigenvalue weighted by Gasteiger charge is 2.56. The predicted molar refractivity (Wildman–Crippen MR) is 153 cm³/mol. The van der Waals surface area contributed by atoms with Crippen LogP contribution >= 0.6 is 11.6 Å². The summed E-state index contributed by atoms with van der Waals surface area (Å²) in [6.07, 6.45) is 7.34. The normalized spacial score (nSPS) is 24.9. The molecule has 4 rings (SSSR count). The lowest BCUT2D eigenvalue weighted by Gasteiger charge is -2.43. The maximum Gasteiger partial charge on any atom is 0.455 e. The SMILES string of the molecule is CCCC1=C2[C@@H](CC/C(C)=C/c3ccc(O)cc3Cl)OB(O)C[C@@H]2[C@@H]2C(=O)N(CCCCCC(=O)O)C(=O)[C@@H]2C1. The number of benzene rings is 1. The van der Waals surface area contributed by atoms with Gasteiger partial charge in [-0.1, -0.05) is 48.6 Å². The fourth-order valence-corrected chi connectivity index (χ4v) is 6.87. The number of aliphatic carboxylic acids is 1. The van der Waals surface area contributed by atoms with E-state index >= 15 is 0 Å². The van der Waals surface area contributed by atoms with E-state index in [0.29, 0.717) is 56.4 Å². The molecule has 4 atom stereocenters. The largest absolute Gasteiger partial charge is 0.508 e. The van der Waals surface area contributed by atoms with Gasteiger partial charge in [0.25, 0.3) is 0 Å². The summed E-state index contributed by atoms with van der Waals surface area (Å²) in [6, 6.07) is 4.86. The minimum absolute atomic E-state index is 0.0821. The Morgan fingerprint density at radius 3 is 2.65 bits per heavy atom. The highest BCUT2D eigenvalue weighted by molar-refractivity contribution is 6.43. The Bertz CT molecular complexity index is 1200. The first-order valence-corrected chi connectivity index (χ1v) is 14.8. The minimum atomic E-state index is -1.01. The van der Waals surface area contributed by atoms with Crippen molar-refractivity contribution in [2.75, 3.05) is 6.54 Å². The van der Waals surface area contributed by atoms with Gasteiger partial charge in [-0.15, -0.1) is 0 Å². The Kier molecular flexibility index (Phi) is 10.1. The number of likely N-dealkylation sites (tertiary alicyclic amines) is 1. The number of amides is 2. The van der Waals surface area contributed by atoms with Crippen LogP contribution in [-0.4, -0.2) is 57.7 Å². The summed E-state index contributed by atoms with van der Waals surface area (Å²) in [5.41, 5.74) is 4.15. The van der Waals surface area contributed by atoms with Gasteiger partial charge >= 0.3 is 13.1 Å². The molecule has 10 heteroatoms. The second-order valence-electron chi connectivity index (χ2n) is 11.3. The van der Waals surface area contributed by atoms with E-state index < -0.39 is 24.9 Å². The van der Waals surface area contributed by atoms with Crippen molar-refractivity contribution in [1.82, 2.24) is 4.90 Å². The third kappa shape index (κ3) is 6.81. The van der Waals surface area contributed by atoms with Crippen molar-refractivity contribution < 1.29 is 34.3 Å². The number of rotatable bonds is 12. The van der Waals surface area contributed by atoms with Crippen molar-refractivity contribution in [2.24, 2.45) is 17.8 Å². The third-order valence-corrected chi connectivity index (χ3v) is 8.74. The van der Waals surface area contributed by atoms with E-state index in [9.17, 15) is 24.5 Å². The molecule has 3 aliphatic rings. The van der Waals surface area contributed by atoms with Gasteiger partial charge < -0.3 is 19.9 Å². The number of imide groups is 1. The number of carboxylic acid groups (broad SMARTS) is 1. The molecule has 2 aliphatic heterocycles.